The molecule has 0 bridgehead atoms. The van der Waals surface area contributed by atoms with Gasteiger partial charge in [0.25, 0.3) is 15.9 Å². The highest BCUT2D eigenvalue weighted by molar-refractivity contribution is 7.92. The molecule has 1 amide bonds. The van der Waals surface area contributed by atoms with Crippen molar-refractivity contribution in [1.29, 1.82) is 0 Å². The zero-order valence-corrected chi connectivity index (χ0v) is 16.3. The van der Waals surface area contributed by atoms with Crippen LogP contribution in [0.3, 0.4) is 0 Å². The van der Waals surface area contributed by atoms with Crippen molar-refractivity contribution < 1.29 is 18.3 Å². The van der Waals surface area contributed by atoms with Gasteiger partial charge in [-0.05, 0) is 55.5 Å². The molecule has 0 saturated carbocycles. The molecule has 0 radical (unpaired) electrons. The van der Waals surface area contributed by atoms with Crippen molar-refractivity contribution >= 4 is 38.9 Å². The standard InChI is InChI=1S/C19H16ClN3O4S/c1-12-4-2-7-16(21-12)19(25)22-17-11-15(8-9-18(17)24)28(26,27)23-14-6-3-5-13(20)10-14/h2-11,23-24H,1H3,(H,22,25). The SMILES string of the molecule is Cc1cccc(C(=O)Nc2cc(S(=O)(=O)Nc3cccc(Cl)c3)ccc2O)n1. The highest BCUT2D eigenvalue weighted by Gasteiger charge is 2.18. The number of sulfonamides is 1. The van der Waals surface area contributed by atoms with Gasteiger partial charge in [0.1, 0.15) is 11.4 Å². The van der Waals surface area contributed by atoms with Crippen LogP contribution in [0.2, 0.25) is 5.02 Å². The summed E-state index contributed by atoms with van der Waals surface area (Å²) in [6.45, 7) is 1.74. The molecule has 28 heavy (non-hydrogen) atoms. The van der Waals surface area contributed by atoms with Gasteiger partial charge in [0.2, 0.25) is 0 Å². The van der Waals surface area contributed by atoms with Crippen molar-refractivity contribution in [2.45, 2.75) is 11.8 Å². The molecule has 0 aliphatic carbocycles. The summed E-state index contributed by atoms with van der Waals surface area (Å²) in [5.74, 6) is -0.848. The van der Waals surface area contributed by atoms with Crippen molar-refractivity contribution in [3.05, 3.63) is 77.1 Å². The van der Waals surface area contributed by atoms with Gasteiger partial charge in [0, 0.05) is 10.7 Å². The van der Waals surface area contributed by atoms with Crippen LogP contribution in [0.5, 0.6) is 5.75 Å². The van der Waals surface area contributed by atoms with Gasteiger partial charge < -0.3 is 10.4 Å². The molecule has 7 nitrogen and oxygen atoms in total. The lowest BCUT2D eigenvalue weighted by Crippen LogP contribution is -2.16. The summed E-state index contributed by atoms with van der Waals surface area (Å²) in [6, 6.07) is 14.7. The second kappa shape index (κ2) is 7.87. The predicted molar refractivity (Wildman–Crippen MR) is 107 cm³/mol. The number of pyridine rings is 1. The van der Waals surface area contributed by atoms with E-state index in [1.807, 2.05) is 0 Å². The van der Waals surface area contributed by atoms with Crippen molar-refractivity contribution in [1.82, 2.24) is 4.98 Å². The summed E-state index contributed by atoms with van der Waals surface area (Å²) in [6.07, 6.45) is 0. The molecule has 0 saturated heterocycles. The molecule has 3 aromatic rings. The molecule has 144 valence electrons. The van der Waals surface area contributed by atoms with Crippen LogP contribution in [0.15, 0.2) is 65.6 Å². The normalized spacial score (nSPS) is 11.1. The first-order valence-corrected chi connectivity index (χ1v) is 9.97. The van der Waals surface area contributed by atoms with Crippen LogP contribution >= 0.6 is 11.6 Å². The topological polar surface area (TPSA) is 108 Å². The number of halogens is 1. The number of phenols is 1. The third kappa shape index (κ3) is 4.59. The number of hydrogen-bond donors (Lipinski definition) is 3. The summed E-state index contributed by atoms with van der Waals surface area (Å²) in [4.78, 5) is 16.3. The summed E-state index contributed by atoms with van der Waals surface area (Å²) in [5.41, 5.74) is 1.03. The number of benzene rings is 2. The van der Waals surface area contributed by atoms with E-state index in [1.54, 1.807) is 37.3 Å². The molecule has 3 N–H and O–H groups in total. The first-order valence-electron chi connectivity index (χ1n) is 8.11. The van der Waals surface area contributed by atoms with E-state index in [0.717, 1.165) is 6.07 Å². The zero-order valence-electron chi connectivity index (χ0n) is 14.7. The molecular formula is C19H16ClN3O4S. The van der Waals surface area contributed by atoms with E-state index in [-0.39, 0.29) is 27.7 Å². The van der Waals surface area contributed by atoms with Crippen molar-refractivity contribution in [3.8, 4) is 5.75 Å². The Balaban J connectivity index is 1.87. The molecule has 0 atom stereocenters. The fourth-order valence-corrected chi connectivity index (χ4v) is 3.67. The number of aromatic nitrogens is 1. The maximum absolute atomic E-state index is 12.6. The largest absolute Gasteiger partial charge is 0.506 e. The number of nitrogens with zero attached hydrogens (tertiary/aromatic N) is 1. The van der Waals surface area contributed by atoms with E-state index in [0.29, 0.717) is 10.7 Å². The van der Waals surface area contributed by atoms with Gasteiger partial charge in [0.15, 0.2) is 0 Å². The molecule has 9 heteroatoms. The van der Waals surface area contributed by atoms with E-state index >= 15 is 0 Å². The molecule has 2 aromatic carbocycles. The number of aryl methyl sites for hydroxylation is 1. The molecule has 0 spiro atoms. The molecule has 1 heterocycles. The molecule has 3 rings (SSSR count). The molecular weight excluding hydrogens is 402 g/mol. The van der Waals surface area contributed by atoms with Crippen LogP contribution < -0.4 is 10.0 Å². The highest BCUT2D eigenvalue weighted by atomic mass is 35.5. The van der Waals surface area contributed by atoms with E-state index < -0.39 is 15.9 Å². The fourth-order valence-electron chi connectivity index (χ4n) is 2.40. The first-order chi connectivity index (χ1) is 13.2. The van der Waals surface area contributed by atoms with Crippen molar-refractivity contribution in [2.24, 2.45) is 0 Å². The van der Waals surface area contributed by atoms with E-state index in [4.69, 9.17) is 11.6 Å². The Morgan fingerprint density at radius 2 is 1.82 bits per heavy atom. The van der Waals surface area contributed by atoms with Crippen LogP contribution in [-0.4, -0.2) is 24.4 Å². The Hall–Kier alpha value is -3.10. The van der Waals surface area contributed by atoms with Crippen molar-refractivity contribution in [3.63, 3.8) is 0 Å². The lowest BCUT2D eigenvalue weighted by Gasteiger charge is -2.12. The lowest BCUT2D eigenvalue weighted by molar-refractivity contribution is 0.102. The monoisotopic (exact) mass is 417 g/mol. The van der Waals surface area contributed by atoms with Gasteiger partial charge in [-0.25, -0.2) is 13.4 Å². The van der Waals surface area contributed by atoms with Crippen LogP contribution in [0.1, 0.15) is 16.2 Å². The van der Waals surface area contributed by atoms with Crippen molar-refractivity contribution in [2.75, 3.05) is 10.0 Å². The highest BCUT2D eigenvalue weighted by Crippen LogP contribution is 2.28. The maximum Gasteiger partial charge on any atom is 0.274 e. The van der Waals surface area contributed by atoms with Crippen LogP contribution in [0, 0.1) is 6.92 Å². The Morgan fingerprint density at radius 3 is 2.54 bits per heavy atom. The second-order valence-corrected chi connectivity index (χ2v) is 8.03. The van der Waals surface area contributed by atoms with Gasteiger partial charge in [-0.2, -0.15) is 0 Å². The number of carbonyl (C=O) groups excluding carboxylic acids is 1. The summed E-state index contributed by atoms with van der Waals surface area (Å²) >= 11 is 5.87. The number of phenolic OH excluding ortho intramolecular Hbond substituents is 1. The Morgan fingerprint density at radius 1 is 1.07 bits per heavy atom. The summed E-state index contributed by atoms with van der Waals surface area (Å²) in [5, 5.41) is 12.9. The molecule has 0 aliphatic rings. The Bertz CT molecular complexity index is 1150. The number of aromatic hydroxyl groups is 1. The smallest absolute Gasteiger partial charge is 0.274 e. The number of carbonyl (C=O) groups is 1. The van der Waals surface area contributed by atoms with Gasteiger partial charge >= 0.3 is 0 Å². The number of rotatable bonds is 5. The average Bonchev–Trinajstić information content (AvgIpc) is 2.63. The van der Waals surface area contributed by atoms with E-state index in [2.05, 4.69) is 15.0 Å². The maximum atomic E-state index is 12.6. The predicted octanol–water partition coefficient (Wildman–Crippen LogP) is 3.80. The number of hydrogen-bond acceptors (Lipinski definition) is 5. The molecule has 1 aromatic heterocycles. The van der Waals surface area contributed by atoms with Crippen LogP contribution in [0.25, 0.3) is 0 Å². The van der Waals surface area contributed by atoms with Gasteiger partial charge in [-0.15, -0.1) is 0 Å². The first kappa shape index (κ1) is 19.7. The number of nitrogens with one attached hydrogen (secondary N) is 2. The number of amides is 1. The lowest BCUT2D eigenvalue weighted by atomic mass is 10.2. The third-order valence-corrected chi connectivity index (χ3v) is 5.34. The van der Waals surface area contributed by atoms with Crippen LogP contribution in [-0.2, 0) is 10.0 Å². The minimum absolute atomic E-state index is 0.0534. The van der Waals surface area contributed by atoms with E-state index in [1.165, 1.54) is 24.3 Å². The number of anilines is 2. The second-order valence-electron chi connectivity index (χ2n) is 5.91. The third-order valence-electron chi connectivity index (χ3n) is 3.72. The molecule has 0 aliphatic heterocycles. The Labute approximate surface area is 167 Å². The minimum atomic E-state index is -3.96. The quantitative estimate of drug-likeness (QED) is 0.547. The van der Waals surface area contributed by atoms with Crippen LogP contribution in [0.4, 0.5) is 11.4 Å². The molecule has 0 unspecified atom stereocenters. The summed E-state index contributed by atoms with van der Waals surface area (Å²) < 4.78 is 27.6. The zero-order chi connectivity index (χ0) is 20.3. The van der Waals surface area contributed by atoms with E-state index in [9.17, 15) is 18.3 Å². The van der Waals surface area contributed by atoms with Gasteiger partial charge in [-0.3, -0.25) is 9.52 Å². The fraction of sp³-hybridized carbons (Fsp3) is 0.0526. The van der Waals surface area contributed by atoms with Gasteiger partial charge in [-0.1, -0.05) is 23.7 Å². The van der Waals surface area contributed by atoms with Gasteiger partial charge in [0.05, 0.1) is 16.3 Å². The Kier molecular flexibility index (Phi) is 5.53. The summed E-state index contributed by atoms with van der Waals surface area (Å²) in [7, 11) is -3.96. The molecule has 0 fully saturated rings. The average molecular weight is 418 g/mol. The minimum Gasteiger partial charge on any atom is -0.506 e.